The lowest BCUT2D eigenvalue weighted by Gasteiger charge is -2.38. The van der Waals surface area contributed by atoms with Crippen molar-refractivity contribution in [3.05, 3.63) is 53.9 Å². The van der Waals surface area contributed by atoms with Crippen LogP contribution in [-0.2, 0) is 15.0 Å². The van der Waals surface area contributed by atoms with Crippen molar-refractivity contribution >= 4 is 17.8 Å². The van der Waals surface area contributed by atoms with Gasteiger partial charge in [0.15, 0.2) is 0 Å². The van der Waals surface area contributed by atoms with Crippen molar-refractivity contribution in [3.63, 3.8) is 0 Å². The maximum atomic E-state index is 14.0. The number of anilines is 1. The summed E-state index contributed by atoms with van der Waals surface area (Å²) >= 11 is 0. The third-order valence-electron chi connectivity index (χ3n) is 9.77. The number of aromatic nitrogens is 2. The summed E-state index contributed by atoms with van der Waals surface area (Å²) in [5, 5.41) is 2.81. The minimum atomic E-state index is -0.233. The Morgan fingerprint density at radius 2 is 1.77 bits per heavy atom. The highest BCUT2D eigenvalue weighted by Gasteiger charge is 2.37. The molecule has 1 aliphatic carbocycles. The number of aryl methyl sites for hydroxylation is 1. The van der Waals surface area contributed by atoms with Crippen LogP contribution in [-0.4, -0.2) is 39.8 Å². The van der Waals surface area contributed by atoms with Gasteiger partial charge in [-0.3, -0.25) is 14.9 Å². The van der Waals surface area contributed by atoms with Crippen LogP contribution in [0.1, 0.15) is 103 Å². The van der Waals surface area contributed by atoms with Crippen molar-refractivity contribution in [1.29, 1.82) is 0 Å². The van der Waals surface area contributed by atoms with E-state index in [0.29, 0.717) is 18.4 Å². The number of nitrogens with zero attached hydrogens (tertiary/aromatic N) is 3. The summed E-state index contributed by atoms with van der Waals surface area (Å²) in [5.74, 6) is 1.84. The van der Waals surface area contributed by atoms with Crippen LogP contribution in [0.15, 0.2) is 42.7 Å². The van der Waals surface area contributed by atoms with Crippen molar-refractivity contribution in [2.24, 2.45) is 23.7 Å². The number of hydrogen-bond donors (Lipinski definition) is 1. The van der Waals surface area contributed by atoms with Gasteiger partial charge >= 0.3 is 0 Å². The number of carbonyl (C=O) groups excluding carboxylic acids is 2. The molecule has 2 fully saturated rings. The summed E-state index contributed by atoms with van der Waals surface area (Å²) in [4.78, 5) is 37.3. The predicted octanol–water partition coefficient (Wildman–Crippen LogP) is 7.33. The van der Waals surface area contributed by atoms with E-state index >= 15 is 0 Å². The van der Waals surface area contributed by atoms with E-state index in [2.05, 4.69) is 66.4 Å². The predicted molar refractivity (Wildman–Crippen MR) is 162 cm³/mol. The van der Waals surface area contributed by atoms with Crippen molar-refractivity contribution in [2.45, 2.75) is 104 Å². The fourth-order valence-corrected chi connectivity index (χ4v) is 6.93. The molecular formula is C34H50N4O2. The Bertz CT molecular complexity index is 1080. The molecule has 1 aliphatic heterocycles. The molecular weight excluding hydrogens is 496 g/mol. The van der Waals surface area contributed by atoms with Crippen LogP contribution in [0.2, 0.25) is 0 Å². The number of rotatable bonds is 9. The van der Waals surface area contributed by atoms with Crippen molar-refractivity contribution in [1.82, 2.24) is 14.9 Å². The fraction of sp³-hybridized carbons (Fsp3) is 0.647. The molecule has 2 amide bonds. The Hall–Kier alpha value is -2.76. The van der Waals surface area contributed by atoms with E-state index in [1.165, 1.54) is 31.2 Å². The Labute approximate surface area is 241 Å². The highest BCUT2D eigenvalue weighted by atomic mass is 16.2. The van der Waals surface area contributed by atoms with Crippen molar-refractivity contribution in [2.75, 3.05) is 18.4 Å². The molecule has 2 aromatic rings. The summed E-state index contributed by atoms with van der Waals surface area (Å²) < 4.78 is 0. The topological polar surface area (TPSA) is 75.2 Å². The standard InChI is InChI=1S/C34H50N4O2/c1-5-25(2)21-34(30-15-7-6-8-16-30)17-10-14-29(20-28-12-9-13-28)27(4)32(40)38(19-11-18-34)24-31(39)37-33-35-22-26(3)23-36-33/h6-8,15-16,22-23,25,27-29H,5,9-14,17-21,24H2,1-4H3,(H,35,36,37,39)/t25?,27?,29?,34-/m0/s1. The van der Waals surface area contributed by atoms with Gasteiger partial charge in [-0.05, 0) is 79.7 Å². The van der Waals surface area contributed by atoms with Crippen molar-refractivity contribution in [3.8, 4) is 0 Å². The SMILES string of the molecule is CCC(C)C[C@]1(c2ccccc2)CCCC(CC2CCC2)C(C)C(=O)N(CC(=O)Nc2ncc(C)cn2)CCC1. The Balaban J connectivity index is 1.58. The second-order valence-corrected chi connectivity index (χ2v) is 12.8. The molecule has 6 nitrogen and oxygen atoms in total. The minimum absolute atomic E-state index is 0.0419. The lowest BCUT2D eigenvalue weighted by Crippen LogP contribution is -2.43. The molecule has 3 unspecified atom stereocenters. The van der Waals surface area contributed by atoms with Gasteiger partial charge in [-0.15, -0.1) is 0 Å². The van der Waals surface area contributed by atoms with E-state index in [1.807, 2.05) is 11.8 Å². The molecule has 0 spiro atoms. The average molecular weight is 547 g/mol. The molecule has 40 heavy (non-hydrogen) atoms. The normalized spacial score (nSPS) is 25.5. The Morgan fingerprint density at radius 1 is 1.07 bits per heavy atom. The number of benzene rings is 1. The van der Waals surface area contributed by atoms with E-state index < -0.39 is 0 Å². The lowest BCUT2D eigenvalue weighted by molar-refractivity contribution is -0.140. The first-order chi connectivity index (χ1) is 19.3. The first kappa shape index (κ1) is 30.2. The molecule has 0 bridgehead atoms. The third-order valence-corrected chi connectivity index (χ3v) is 9.77. The zero-order valence-corrected chi connectivity index (χ0v) is 25.2. The van der Waals surface area contributed by atoms with E-state index in [1.54, 1.807) is 12.4 Å². The van der Waals surface area contributed by atoms with Gasteiger partial charge < -0.3 is 4.90 Å². The summed E-state index contributed by atoms with van der Waals surface area (Å²) in [5.41, 5.74) is 2.47. The van der Waals surface area contributed by atoms with Gasteiger partial charge in [-0.2, -0.15) is 0 Å². The minimum Gasteiger partial charge on any atom is -0.333 e. The molecule has 1 aromatic heterocycles. The fourth-order valence-electron chi connectivity index (χ4n) is 6.93. The van der Waals surface area contributed by atoms with E-state index in [0.717, 1.165) is 56.4 Å². The molecule has 0 radical (unpaired) electrons. The van der Waals surface area contributed by atoms with Crippen LogP contribution in [0.25, 0.3) is 0 Å². The van der Waals surface area contributed by atoms with Crippen LogP contribution < -0.4 is 5.32 Å². The molecule has 2 aliphatic rings. The van der Waals surface area contributed by atoms with Crippen LogP contribution >= 0.6 is 0 Å². The first-order valence-corrected chi connectivity index (χ1v) is 15.7. The zero-order valence-electron chi connectivity index (χ0n) is 25.2. The molecule has 1 saturated heterocycles. The van der Waals surface area contributed by atoms with E-state index in [9.17, 15) is 9.59 Å². The van der Waals surface area contributed by atoms with Crippen LogP contribution in [0.3, 0.4) is 0 Å². The molecule has 4 atom stereocenters. The number of amides is 2. The molecule has 6 heteroatoms. The summed E-state index contributed by atoms with van der Waals surface area (Å²) in [6.45, 7) is 9.33. The van der Waals surface area contributed by atoms with Crippen LogP contribution in [0, 0.1) is 30.6 Å². The highest BCUT2D eigenvalue weighted by molar-refractivity contribution is 5.93. The second-order valence-electron chi connectivity index (χ2n) is 12.8. The highest BCUT2D eigenvalue weighted by Crippen LogP contribution is 2.44. The Kier molecular flexibility index (Phi) is 10.7. The van der Waals surface area contributed by atoms with Gasteiger partial charge in [0.25, 0.3) is 0 Å². The molecule has 218 valence electrons. The van der Waals surface area contributed by atoms with E-state index in [-0.39, 0.29) is 35.6 Å². The second kappa shape index (κ2) is 14.2. The monoisotopic (exact) mass is 546 g/mol. The summed E-state index contributed by atoms with van der Waals surface area (Å²) in [6, 6.07) is 11.1. The smallest absolute Gasteiger partial charge is 0.246 e. The van der Waals surface area contributed by atoms with Gasteiger partial charge in [-0.25, -0.2) is 9.97 Å². The van der Waals surface area contributed by atoms with Crippen molar-refractivity contribution < 1.29 is 9.59 Å². The average Bonchev–Trinajstić information content (AvgIpc) is 2.95. The summed E-state index contributed by atoms with van der Waals surface area (Å²) in [6.07, 6.45) is 16.0. The molecule has 2 heterocycles. The number of nitrogens with one attached hydrogen (secondary N) is 1. The van der Waals surface area contributed by atoms with Gasteiger partial charge in [0, 0.05) is 24.9 Å². The lowest BCUT2D eigenvalue weighted by atomic mass is 9.67. The first-order valence-electron chi connectivity index (χ1n) is 15.7. The quantitative estimate of drug-likeness (QED) is 0.357. The molecule has 1 N–H and O–H groups in total. The molecule has 1 saturated carbocycles. The molecule has 1 aromatic carbocycles. The number of hydrogen-bond acceptors (Lipinski definition) is 4. The third kappa shape index (κ3) is 7.92. The van der Waals surface area contributed by atoms with Crippen LogP contribution in [0.5, 0.6) is 0 Å². The maximum absolute atomic E-state index is 14.0. The van der Waals surface area contributed by atoms with E-state index in [4.69, 9.17) is 0 Å². The van der Waals surface area contributed by atoms with Gasteiger partial charge in [0.1, 0.15) is 0 Å². The summed E-state index contributed by atoms with van der Waals surface area (Å²) in [7, 11) is 0. The molecule has 4 rings (SSSR count). The maximum Gasteiger partial charge on any atom is 0.246 e. The van der Waals surface area contributed by atoms with Crippen LogP contribution in [0.4, 0.5) is 5.95 Å². The zero-order chi connectivity index (χ0) is 28.5. The van der Waals surface area contributed by atoms with Gasteiger partial charge in [-0.1, -0.05) is 83.2 Å². The Morgan fingerprint density at radius 3 is 2.42 bits per heavy atom. The number of carbonyl (C=O) groups is 2. The van der Waals surface area contributed by atoms with Gasteiger partial charge in [0.2, 0.25) is 17.8 Å². The van der Waals surface area contributed by atoms with Gasteiger partial charge in [0.05, 0.1) is 6.54 Å². The largest absolute Gasteiger partial charge is 0.333 e.